The number of pyridine rings is 1. The summed E-state index contributed by atoms with van der Waals surface area (Å²) >= 11 is 1.46. The van der Waals surface area contributed by atoms with Crippen molar-refractivity contribution in [2.45, 2.75) is 32.6 Å². The van der Waals surface area contributed by atoms with Crippen LogP contribution >= 0.6 is 11.3 Å². The Morgan fingerprint density at radius 2 is 2.24 bits per heavy atom. The van der Waals surface area contributed by atoms with Crippen LogP contribution in [0.3, 0.4) is 0 Å². The lowest BCUT2D eigenvalue weighted by molar-refractivity contribution is 0.318. The Balaban J connectivity index is 1.62. The lowest BCUT2D eigenvalue weighted by Crippen LogP contribution is -2.22. The number of benzene rings is 1. The van der Waals surface area contributed by atoms with Crippen LogP contribution in [0.1, 0.15) is 31.7 Å². The zero-order chi connectivity index (χ0) is 17.4. The summed E-state index contributed by atoms with van der Waals surface area (Å²) in [5.41, 5.74) is 1.73. The van der Waals surface area contributed by atoms with Crippen LogP contribution in [0, 0.1) is 5.92 Å². The van der Waals surface area contributed by atoms with Gasteiger partial charge in [-0.15, -0.1) is 11.3 Å². The molecule has 1 aliphatic rings. The number of hydrogen-bond acceptors (Lipinski definition) is 4. The highest BCUT2D eigenvalue weighted by Crippen LogP contribution is 2.33. The minimum absolute atomic E-state index is 0.0446. The van der Waals surface area contributed by atoms with Crippen LogP contribution in [0.15, 0.2) is 28.4 Å². The molecule has 1 aliphatic heterocycles. The zero-order valence-corrected chi connectivity index (χ0v) is 15.4. The Morgan fingerprint density at radius 1 is 1.36 bits per heavy atom. The first-order chi connectivity index (χ1) is 12.2. The van der Waals surface area contributed by atoms with Crippen LogP contribution in [0.5, 0.6) is 5.75 Å². The van der Waals surface area contributed by atoms with Gasteiger partial charge in [-0.05, 0) is 61.8 Å². The van der Waals surface area contributed by atoms with E-state index < -0.39 is 0 Å². The van der Waals surface area contributed by atoms with Crippen molar-refractivity contribution in [3.05, 3.63) is 39.5 Å². The maximum absolute atomic E-state index is 12.2. The summed E-state index contributed by atoms with van der Waals surface area (Å²) in [5, 5.41) is 14.4. The first-order valence-corrected chi connectivity index (χ1v) is 10.0. The van der Waals surface area contributed by atoms with Gasteiger partial charge in [0.25, 0.3) is 5.56 Å². The largest absolute Gasteiger partial charge is 0.508 e. The fourth-order valence-corrected chi connectivity index (χ4v) is 4.89. The van der Waals surface area contributed by atoms with Gasteiger partial charge in [0.05, 0.1) is 0 Å². The van der Waals surface area contributed by atoms with Crippen LogP contribution in [0.4, 0.5) is 0 Å². The van der Waals surface area contributed by atoms with Crippen LogP contribution in [-0.2, 0) is 6.42 Å². The van der Waals surface area contributed by atoms with Crippen LogP contribution in [0.2, 0.25) is 0 Å². The summed E-state index contributed by atoms with van der Waals surface area (Å²) < 4.78 is 0.740. The second-order valence-electron chi connectivity index (χ2n) is 7.07. The normalized spacial score (nSPS) is 18.5. The average molecular weight is 356 g/mol. The summed E-state index contributed by atoms with van der Waals surface area (Å²) in [5.74, 6) is 1.18. The van der Waals surface area contributed by atoms with Gasteiger partial charge in [0.2, 0.25) is 0 Å². The molecule has 132 valence electrons. The molecular formula is C20H24N2O2S. The van der Waals surface area contributed by atoms with E-state index in [1.807, 2.05) is 11.4 Å². The zero-order valence-electron chi connectivity index (χ0n) is 14.5. The summed E-state index contributed by atoms with van der Waals surface area (Å²) in [6, 6.07) is 5.50. The SMILES string of the molecule is CCC1CCN(CCCc2c(O)ccc3[nH]c(=O)c4sccc4c23)C1. The summed E-state index contributed by atoms with van der Waals surface area (Å²) in [4.78, 5) is 17.7. The number of aryl methyl sites for hydroxylation is 1. The second-order valence-corrected chi connectivity index (χ2v) is 7.99. The van der Waals surface area contributed by atoms with E-state index in [2.05, 4.69) is 16.8 Å². The molecule has 0 saturated carbocycles. The third-order valence-electron chi connectivity index (χ3n) is 5.53. The molecule has 4 nitrogen and oxygen atoms in total. The van der Waals surface area contributed by atoms with E-state index in [-0.39, 0.29) is 5.56 Å². The molecular weight excluding hydrogens is 332 g/mol. The number of thiophene rings is 1. The number of aromatic hydroxyl groups is 1. The number of nitrogens with zero attached hydrogens (tertiary/aromatic N) is 1. The highest BCUT2D eigenvalue weighted by atomic mass is 32.1. The van der Waals surface area contributed by atoms with Gasteiger partial charge in [0, 0.05) is 28.4 Å². The smallest absolute Gasteiger partial charge is 0.266 e. The predicted molar refractivity (Wildman–Crippen MR) is 105 cm³/mol. The minimum atomic E-state index is -0.0446. The Kier molecular flexibility index (Phi) is 4.52. The van der Waals surface area contributed by atoms with Gasteiger partial charge >= 0.3 is 0 Å². The van der Waals surface area contributed by atoms with Crippen molar-refractivity contribution in [2.24, 2.45) is 5.92 Å². The van der Waals surface area contributed by atoms with E-state index in [1.54, 1.807) is 12.1 Å². The van der Waals surface area contributed by atoms with Crippen LogP contribution in [-0.4, -0.2) is 34.6 Å². The minimum Gasteiger partial charge on any atom is -0.508 e. The molecule has 0 radical (unpaired) electrons. The average Bonchev–Trinajstić information content (AvgIpc) is 3.26. The molecule has 0 amide bonds. The number of H-pyrrole nitrogens is 1. The fourth-order valence-electron chi connectivity index (χ4n) is 4.09. The van der Waals surface area contributed by atoms with Crippen molar-refractivity contribution in [3.8, 4) is 5.75 Å². The highest BCUT2D eigenvalue weighted by molar-refractivity contribution is 7.17. The molecule has 25 heavy (non-hydrogen) atoms. The molecule has 1 unspecified atom stereocenters. The van der Waals surface area contributed by atoms with E-state index in [1.165, 1.54) is 37.3 Å². The van der Waals surface area contributed by atoms with Gasteiger partial charge in [-0.2, -0.15) is 0 Å². The number of likely N-dealkylation sites (tertiary alicyclic amines) is 1. The molecule has 2 aromatic heterocycles. The number of phenols is 1. The Bertz CT molecular complexity index is 959. The van der Waals surface area contributed by atoms with Crippen molar-refractivity contribution in [1.29, 1.82) is 0 Å². The van der Waals surface area contributed by atoms with E-state index in [4.69, 9.17) is 0 Å². The Hall–Kier alpha value is -1.85. The van der Waals surface area contributed by atoms with Crippen LogP contribution in [0.25, 0.3) is 21.0 Å². The number of rotatable bonds is 5. The molecule has 1 saturated heterocycles. The molecule has 5 heteroatoms. The Labute approximate surface area is 151 Å². The number of aromatic amines is 1. The number of aromatic nitrogens is 1. The standard InChI is InChI=1S/C20H24N2O2S/c1-2-13-7-10-22(12-13)9-3-4-14-17(23)6-5-16-18(14)15-8-11-25-19(15)20(24)21-16/h5-6,8,11,13,23H,2-4,7,9-10,12H2,1H3,(H,21,24). The van der Waals surface area contributed by atoms with Gasteiger partial charge in [-0.25, -0.2) is 0 Å². The van der Waals surface area contributed by atoms with Crippen molar-refractivity contribution in [2.75, 3.05) is 19.6 Å². The van der Waals surface area contributed by atoms with E-state index in [9.17, 15) is 9.90 Å². The number of phenolic OH excluding ortho intramolecular Hbond substituents is 1. The monoisotopic (exact) mass is 356 g/mol. The van der Waals surface area contributed by atoms with Crippen molar-refractivity contribution in [3.63, 3.8) is 0 Å². The number of nitrogens with one attached hydrogen (secondary N) is 1. The molecule has 1 atom stereocenters. The second kappa shape index (κ2) is 6.81. The molecule has 1 fully saturated rings. The van der Waals surface area contributed by atoms with Crippen LogP contribution < -0.4 is 5.56 Å². The van der Waals surface area contributed by atoms with E-state index in [0.717, 1.165) is 51.9 Å². The maximum atomic E-state index is 12.2. The van der Waals surface area contributed by atoms with E-state index >= 15 is 0 Å². The topological polar surface area (TPSA) is 56.3 Å². The highest BCUT2D eigenvalue weighted by Gasteiger charge is 2.20. The van der Waals surface area contributed by atoms with Crippen molar-refractivity contribution >= 4 is 32.3 Å². The summed E-state index contributed by atoms with van der Waals surface area (Å²) in [7, 11) is 0. The predicted octanol–water partition coefficient (Wildman–Crippen LogP) is 4.11. The Morgan fingerprint density at radius 3 is 3.04 bits per heavy atom. The van der Waals surface area contributed by atoms with Gasteiger partial charge in [0.15, 0.2) is 0 Å². The molecule has 3 aromatic rings. The maximum Gasteiger partial charge on any atom is 0.266 e. The lowest BCUT2D eigenvalue weighted by Gasteiger charge is -2.16. The summed E-state index contributed by atoms with van der Waals surface area (Å²) in [6.07, 6.45) is 4.43. The third kappa shape index (κ3) is 3.07. The lowest BCUT2D eigenvalue weighted by atomic mass is 10.00. The van der Waals surface area contributed by atoms with Crippen molar-refractivity contribution < 1.29 is 5.11 Å². The number of fused-ring (bicyclic) bond motifs is 3. The van der Waals surface area contributed by atoms with Gasteiger partial charge in [0.1, 0.15) is 10.4 Å². The molecule has 2 N–H and O–H groups in total. The van der Waals surface area contributed by atoms with Gasteiger partial charge < -0.3 is 15.0 Å². The quantitative estimate of drug-likeness (QED) is 0.723. The first kappa shape index (κ1) is 16.6. The van der Waals surface area contributed by atoms with Gasteiger partial charge in [-0.1, -0.05) is 13.3 Å². The van der Waals surface area contributed by atoms with Crippen molar-refractivity contribution in [1.82, 2.24) is 9.88 Å². The molecule has 0 aliphatic carbocycles. The van der Waals surface area contributed by atoms with E-state index in [0.29, 0.717) is 5.75 Å². The molecule has 3 heterocycles. The first-order valence-electron chi connectivity index (χ1n) is 9.13. The molecule has 1 aromatic carbocycles. The molecule has 0 bridgehead atoms. The summed E-state index contributed by atoms with van der Waals surface area (Å²) in [6.45, 7) is 5.75. The number of hydrogen-bond donors (Lipinski definition) is 2. The molecule has 0 spiro atoms. The third-order valence-corrected chi connectivity index (χ3v) is 6.44. The molecule has 4 rings (SSSR count). The fraction of sp³-hybridized carbons (Fsp3) is 0.450. The van der Waals surface area contributed by atoms with Gasteiger partial charge in [-0.3, -0.25) is 4.79 Å².